The molecule has 0 aliphatic heterocycles. The molecule has 0 aliphatic carbocycles. The van der Waals surface area contributed by atoms with Gasteiger partial charge >= 0.3 is 0 Å². The predicted molar refractivity (Wildman–Crippen MR) is 101 cm³/mol. The molecule has 9 heteroatoms. The Morgan fingerprint density at radius 3 is 2.67 bits per heavy atom. The van der Waals surface area contributed by atoms with E-state index in [9.17, 15) is 9.18 Å². The van der Waals surface area contributed by atoms with E-state index in [-0.39, 0.29) is 17.8 Å². The number of halogens is 1. The second-order valence-electron chi connectivity index (χ2n) is 5.99. The topological polar surface area (TPSA) is 98.2 Å². The van der Waals surface area contributed by atoms with Crippen LogP contribution in [0, 0.1) is 5.82 Å². The Balaban J connectivity index is 1.57. The summed E-state index contributed by atoms with van der Waals surface area (Å²) in [5.41, 5.74) is 8.25. The third-order valence-corrected chi connectivity index (χ3v) is 4.96. The van der Waals surface area contributed by atoms with Gasteiger partial charge in [-0.15, -0.1) is 10.2 Å². The standard InChI is InChI=1S/C18H15FN6OS/c1-10(17-23-24-18(20)27-17)21-16(26)12-4-7-15-22-14(9-25(15)8-12)11-2-5-13(19)6-3-11/h2-10H,1H3,(H2,20,24)(H,21,26). The van der Waals surface area contributed by atoms with Crippen molar-refractivity contribution in [2.24, 2.45) is 0 Å². The maximum Gasteiger partial charge on any atom is 0.253 e. The number of carbonyl (C=O) groups excluding carboxylic acids is 1. The molecule has 7 nitrogen and oxygen atoms in total. The number of fused-ring (bicyclic) bond motifs is 1. The number of pyridine rings is 1. The maximum absolute atomic E-state index is 13.1. The van der Waals surface area contributed by atoms with Gasteiger partial charge in [-0.05, 0) is 43.3 Å². The number of nitrogens with two attached hydrogens (primary N) is 1. The van der Waals surface area contributed by atoms with Crippen molar-refractivity contribution in [2.45, 2.75) is 13.0 Å². The lowest BCUT2D eigenvalue weighted by atomic mass is 10.2. The molecule has 27 heavy (non-hydrogen) atoms. The Morgan fingerprint density at radius 1 is 1.19 bits per heavy atom. The predicted octanol–water partition coefficient (Wildman–Crippen LogP) is 3.07. The normalized spacial score (nSPS) is 12.2. The highest BCUT2D eigenvalue weighted by atomic mass is 32.1. The van der Waals surface area contributed by atoms with E-state index < -0.39 is 0 Å². The molecule has 0 radical (unpaired) electrons. The summed E-state index contributed by atoms with van der Waals surface area (Å²) >= 11 is 1.24. The van der Waals surface area contributed by atoms with Crippen molar-refractivity contribution in [1.82, 2.24) is 24.9 Å². The number of nitrogen functional groups attached to an aromatic ring is 1. The van der Waals surface area contributed by atoms with Crippen LogP contribution in [0.1, 0.15) is 28.3 Å². The van der Waals surface area contributed by atoms with Crippen LogP contribution in [-0.2, 0) is 0 Å². The SMILES string of the molecule is CC(NC(=O)c1ccc2nc(-c3ccc(F)cc3)cn2c1)c1nnc(N)s1. The number of hydrogen-bond acceptors (Lipinski definition) is 6. The fourth-order valence-corrected chi connectivity index (χ4v) is 3.26. The number of imidazole rings is 1. The van der Waals surface area contributed by atoms with Gasteiger partial charge in [0.15, 0.2) is 0 Å². The summed E-state index contributed by atoms with van der Waals surface area (Å²) in [5.74, 6) is -0.539. The molecule has 0 spiro atoms. The number of nitrogens with one attached hydrogen (secondary N) is 1. The van der Waals surface area contributed by atoms with Gasteiger partial charge in [-0.25, -0.2) is 9.37 Å². The highest BCUT2D eigenvalue weighted by Crippen LogP contribution is 2.21. The maximum atomic E-state index is 13.1. The number of anilines is 1. The zero-order chi connectivity index (χ0) is 19.0. The van der Waals surface area contributed by atoms with E-state index in [2.05, 4.69) is 20.5 Å². The van der Waals surface area contributed by atoms with Gasteiger partial charge in [-0.2, -0.15) is 0 Å². The van der Waals surface area contributed by atoms with E-state index in [4.69, 9.17) is 5.73 Å². The summed E-state index contributed by atoms with van der Waals surface area (Å²) in [4.78, 5) is 17.0. The molecular formula is C18H15FN6OS. The van der Waals surface area contributed by atoms with Crippen LogP contribution in [-0.4, -0.2) is 25.5 Å². The average Bonchev–Trinajstić information content (AvgIpc) is 3.27. The molecule has 4 aromatic rings. The first-order valence-corrected chi connectivity index (χ1v) is 8.96. The summed E-state index contributed by atoms with van der Waals surface area (Å²) < 4.78 is 14.9. The number of nitrogens with zero attached hydrogens (tertiary/aromatic N) is 4. The lowest BCUT2D eigenvalue weighted by molar-refractivity contribution is 0.0939. The number of rotatable bonds is 4. The van der Waals surface area contributed by atoms with Crippen molar-refractivity contribution in [3.05, 3.63) is 65.2 Å². The van der Waals surface area contributed by atoms with Gasteiger partial charge in [-0.1, -0.05) is 11.3 Å². The first-order valence-electron chi connectivity index (χ1n) is 8.14. The molecule has 1 unspecified atom stereocenters. The zero-order valence-corrected chi connectivity index (χ0v) is 15.1. The van der Waals surface area contributed by atoms with Crippen molar-refractivity contribution in [3.8, 4) is 11.3 Å². The van der Waals surface area contributed by atoms with Crippen LogP contribution in [0.5, 0.6) is 0 Å². The molecule has 4 rings (SSSR count). The van der Waals surface area contributed by atoms with E-state index in [1.54, 1.807) is 41.1 Å². The van der Waals surface area contributed by atoms with Gasteiger partial charge in [0, 0.05) is 18.0 Å². The summed E-state index contributed by atoms with van der Waals surface area (Å²) in [6, 6.07) is 9.27. The lowest BCUT2D eigenvalue weighted by Gasteiger charge is -2.10. The Labute approximate surface area is 157 Å². The van der Waals surface area contributed by atoms with Crippen molar-refractivity contribution in [3.63, 3.8) is 0 Å². The van der Waals surface area contributed by atoms with Gasteiger partial charge < -0.3 is 15.5 Å². The van der Waals surface area contributed by atoms with Crippen LogP contribution in [0.15, 0.2) is 48.8 Å². The second-order valence-corrected chi connectivity index (χ2v) is 7.03. The van der Waals surface area contributed by atoms with E-state index in [0.717, 1.165) is 5.56 Å². The summed E-state index contributed by atoms with van der Waals surface area (Å²) in [6.45, 7) is 1.82. The molecule has 1 atom stereocenters. The third kappa shape index (κ3) is 3.49. The van der Waals surface area contributed by atoms with E-state index in [1.807, 2.05) is 6.92 Å². The second kappa shape index (κ2) is 6.76. The zero-order valence-electron chi connectivity index (χ0n) is 14.3. The molecule has 3 N–H and O–H groups in total. The van der Waals surface area contributed by atoms with E-state index in [1.165, 1.54) is 23.5 Å². The number of aromatic nitrogens is 4. The number of amides is 1. The quantitative estimate of drug-likeness (QED) is 0.565. The van der Waals surface area contributed by atoms with Gasteiger partial charge in [0.2, 0.25) is 5.13 Å². The van der Waals surface area contributed by atoms with Crippen molar-refractivity contribution in [2.75, 3.05) is 5.73 Å². The number of carbonyl (C=O) groups is 1. The minimum atomic E-state index is -0.305. The van der Waals surface area contributed by atoms with Crippen LogP contribution < -0.4 is 11.1 Å². The fourth-order valence-electron chi connectivity index (χ4n) is 2.65. The molecular weight excluding hydrogens is 367 g/mol. The van der Waals surface area contributed by atoms with Gasteiger partial charge in [0.05, 0.1) is 17.3 Å². The van der Waals surface area contributed by atoms with Crippen LogP contribution in [0.3, 0.4) is 0 Å². The Hall–Kier alpha value is -3.33. The minimum absolute atomic E-state index is 0.241. The van der Waals surface area contributed by atoms with Crippen LogP contribution in [0.4, 0.5) is 9.52 Å². The number of benzene rings is 1. The molecule has 0 saturated carbocycles. The Bertz CT molecular complexity index is 1120. The highest BCUT2D eigenvalue weighted by Gasteiger charge is 2.16. The molecule has 0 fully saturated rings. The summed E-state index contributed by atoms with van der Waals surface area (Å²) in [5, 5.41) is 11.6. The third-order valence-electron chi connectivity index (χ3n) is 4.03. The molecule has 1 aromatic carbocycles. The first-order chi connectivity index (χ1) is 13.0. The van der Waals surface area contributed by atoms with Gasteiger partial charge in [0.25, 0.3) is 5.91 Å². The Morgan fingerprint density at radius 2 is 1.96 bits per heavy atom. The fraction of sp³-hybridized carbons (Fsp3) is 0.111. The van der Waals surface area contributed by atoms with Crippen LogP contribution in [0.2, 0.25) is 0 Å². The average molecular weight is 382 g/mol. The summed E-state index contributed by atoms with van der Waals surface area (Å²) in [6.07, 6.45) is 3.50. The molecule has 3 aromatic heterocycles. The number of hydrogen-bond donors (Lipinski definition) is 2. The van der Waals surface area contributed by atoms with Crippen molar-refractivity contribution >= 4 is 28.0 Å². The monoisotopic (exact) mass is 382 g/mol. The van der Waals surface area contributed by atoms with E-state index >= 15 is 0 Å². The summed E-state index contributed by atoms with van der Waals surface area (Å²) in [7, 11) is 0. The van der Waals surface area contributed by atoms with Gasteiger partial charge in [0.1, 0.15) is 16.5 Å². The van der Waals surface area contributed by atoms with Crippen molar-refractivity contribution in [1.29, 1.82) is 0 Å². The lowest BCUT2D eigenvalue weighted by Crippen LogP contribution is -2.26. The smallest absolute Gasteiger partial charge is 0.253 e. The molecule has 3 heterocycles. The first kappa shape index (κ1) is 17.1. The molecule has 1 amide bonds. The van der Waals surface area contributed by atoms with Crippen molar-refractivity contribution < 1.29 is 9.18 Å². The minimum Gasteiger partial charge on any atom is -0.374 e. The Kier molecular flexibility index (Phi) is 4.28. The van der Waals surface area contributed by atoms with Gasteiger partial charge in [-0.3, -0.25) is 4.79 Å². The molecule has 0 aliphatic rings. The molecule has 0 saturated heterocycles. The molecule has 0 bridgehead atoms. The van der Waals surface area contributed by atoms with E-state index in [0.29, 0.717) is 27.0 Å². The highest BCUT2D eigenvalue weighted by molar-refractivity contribution is 7.15. The molecule has 136 valence electrons. The van der Waals surface area contributed by atoms with Crippen LogP contribution in [0.25, 0.3) is 16.9 Å². The van der Waals surface area contributed by atoms with Crippen LogP contribution >= 0.6 is 11.3 Å². The largest absolute Gasteiger partial charge is 0.374 e.